The van der Waals surface area contributed by atoms with Crippen molar-refractivity contribution in [1.82, 2.24) is 5.32 Å². The summed E-state index contributed by atoms with van der Waals surface area (Å²) in [5.41, 5.74) is -0.151. The summed E-state index contributed by atoms with van der Waals surface area (Å²) in [5, 5.41) is 11.0. The van der Waals surface area contributed by atoms with Crippen molar-refractivity contribution in [3.8, 4) is 0 Å². The summed E-state index contributed by atoms with van der Waals surface area (Å²) in [6, 6.07) is 4.43. The molecule has 5 heteroatoms. The quantitative estimate of drug-likeness (QED) is 0.814. The Hall–Kier alpha value is -1.91. The highest BCUT2D eigenvalue weighted by atomic mass is 19.1. The van der Waals surface area contributed by atoms with E-state index in [0.717, 1.165) is 6.07 Å². The molecule has 0 radical (unpaired) electrons. The number of carbonyl (C=O) groups is 2. The number of hydrogen-bond donors (Lipinski definition) is 2. The SMILES string of the molecule is CCC(NC(=O)c1ccccc1F)C(=O)O. The van der Waals surface area contributed by atoms with E-state index < -0.39 is 23.7 Å². The standard InChI is InChI=1S/C11H12FNO3/c1-2-9(11(15)16)13-10(14)7-5-3-4-6-8(7)12/h3-6,9H,2H2,1H3,(H,13,14)(H,15,16). The van der Waals surface area contributed by atoms with Gasteiger partial charge in [0.1, 0.15) is 11.9 Å². The minimum absolute atomic E-state index is 0.151. The zero-order valence-electron chi connectivity index (χ0n) is 8.74. The molecule has 1 aromatic rings. The Labute approximate surface area is 92.1 Å². The van der Waals surface area contributed by atoms with Crippen molar-refractivity contribution in [2.45, 2.75) is 19.4 Å². The maximum atomic E-state index is 13.2. The number of nitrogens with one attached hydrogen (secondary N) is 1. The molecular formula is C11H12FNO3. The van der Waals surface area contributed by atoms with Gasteiger partial charge in [-0.2, -0.15) is 0 Å². The number of carboxylic acid groups (broad SMARTS) is 1. The Morgan fingerprint density at radius 2 is 2.06 bits per heavy atom. The first-order valence-corrected chi connectivity index (χ1v) is 4.84. The topological polar surface area (TPSA) is 66.4 Å². The van der Waals surface area contributed by atoms with Gasteiger partial charge in [-0.3, -0.25) is 4.79 Å². The lowest BCUT2D eigenvalue weighted by molar-refractivity contribution is -0.139. The molecule has 0 bridgehead atoms. The van der Waals surface area contributed by atoms with Crippen molar-refractivity contribution in [2.75, 3.05) is 0 Å². The molecule has 0 spiro atoms. The van der Waals surface area contributed by atoms with Crippen LogP contribution in [-0.2, 0) is 4.79 Å². The van der Waals surface area contributed by atoms with Gasteiger partial charge in [0.2, 0.25) is 0 Å². The number of rotatable bonds is 4. The molecular weight excluding hydrogens is 213 g/mol. The normalized spacial score (nSPS) is 11.9. The number of halogens is 1. The first kappa shape index (κ1) is 12.2. The fraction of sp³-hybridized carbons (Fsp3) is 0.273. The second-order valence-corrected chi connectivity index (χ2v) is 3.25. The van der Waals surface area contributed by atoms with Gasteiger partial charge >= 0.3 is 5.97 Å². The number of amides is 1. The number of carbonyl (C=O) groups excluding carboxylic acids is 1. The molecule has 1 aromatic carbocycles. The molecule has 0 saturated heterocycles. The fourth-order valence-electron chi connectivity index (χ4n) is 1.22. The highest BCUT2D eigenvalue weighted by molar-refractivity contribution is 5.96. The monoisotopic (exact) mass is 225 g/mol. The second-order valence-electron chi connectivity index (χ2n) is 3.25. The van der Waals surface area contributed by atoms with Gasteiger partial charge in [-0.25, -0.2) is 9.18 Å². The molecule has 1 unspecified atom stereocenters. The Kier molecular flexibility index (Phi) is 3.99. The molecule has 0 heterocycles. The average Bonchev–Trinajstić information content (AvgIpc) is 2.25. The van der Waals surface area contributed by atoms with Crippen molar-refractivity contribution in [1.29, 1.82) is 0 Å². The van der Waals surface area contributed by atoms with E-state index in [9.17, 15) is 14.0 Å². The number of carboxylic acids is 1. The van der Waals surface area contributed by atoms with Crippen molar-refractivity contribution < 1.29 is 19.1 Å². The predicted octanol–water partition coefficient (Wildman–Crippen LogP) is 1.42. The minimum atomic E-state index is -1.13. The average molecular weight is 225 g/mol. The van der Waals surface area contributed by atoms with Gasteiger partial charge in [-0.15, -0.1) is 0 Å². The summed E-state index contributed by atoms with van der Waals surface area (Å²) in [6.45, 7) is 1.63. The maximum absolute atomic E-state index is 13.2. The van der Waals surface area contributed by atoms with E-state index in [1.165, 1.54) is 18.2 Å². The van der Waals surface area contributed by atoms with E-state index >= 15 is 0 Å². The highest BCUT2D eigenvalue weighted by Crippen LogP contribution is 2.06. The Morgan fingerprint density at radius 1 is 1.44 bits per heavy atom. The number of hydrogen-bond acceptors (Lipinski definition) is 2. The van der Waals surface area contributed by atoms with E-state index in [1.807, 2.05) is 0 Å². The third-order valence-electron chi connectivity index (χ3n) is 2.13. The molecule has 0 saturated carbocycles. The summed E-state index contributed by atoms with van der Waals surface area (Å²) in [6.07, 6.45) is 0.246. The van der Waals surface area contributed by atoms with Gasteiger partial charge < -0.3 is 10.4 Å². The third kappa shape index (κ3) is 2.79. The van der Waals surface area contributed by atoms with Gasteiger partial charge in [0, 0.05) is 0 Å². The van der Waals surface area contributed by atoms with E-state index in [1.54, 1.807) is 6.92 Å². The van der Waals surface area contributed by atoms with Crippen LogP contribution in [0.3, 0.4) is 0 Å². The van der Waals surface area contributed by atoms with Crippen LogP contribution in [0, 0.1) is 5.82 Å². The van der Waals surface area contributed by atoms with Crippen molar-refractivity contribution in [3.05, 3.63) is 35.6 Å². The molecule has 1 atom stereocenters. The minimum Gasteiger partial charge on any atom is -0.480 e. The van der Waals surface area contributed by atoms with Gasteiger partial charge in [0.25, 0.3) is 5.91 Å². The lowest BCUT2D eigenvalue weighted by Crippen LogP contribution is -2.40. The lowest BCUT2D eigenvalue weighted by atomic mass is 10.1. The zero-order valence-corrected chi connectivity index (χ0v) is 8.74. The molecule has 1 amide bonds. The predicted molar refractivity (Wildman–Crippen MR) is 55.6 cm³/mol. The van der Waals surface area contributed by atoms with Crippen molar-refractivity contribution in [3.63, 3.8) is 0 Å². The van der Waals surface area contributed by atoms with E-state index in [4.69, 9.17) is 5.11 Å². The Morgan fingerprint density at radius 3 is 2.56 bits per heavy atom. The van der Waals surface area contributed by atoms with Crippen LogP contribution in [0.1, 0.15) is 23.7 Å². The molecule has 16 heavy (non-hydrogen) atoms. The first-order valence-electron chi connectivity index (χ1n) is 4.84. The summed E-state index contributed by atoms with van der Waals surface area (Å²) < 4.78 is 13.2. The van der Waals surface area contributed by atoms with Crippen LogP contribution < -0.4 is 5.32 Å². The van der Waals surface area contributed by atoms with Crippen LogP contribution in [0.5, 0.6) is 0 Å². The van der Waals surface area contributed by atoms with E-state index in [0.29, 0.717) is 0 Å². The van der Waals surface area contributed by atoms with Crippen LogP contribution in [0.4, 0.5) is 4.39 Å². The molecule has 0 aliphatic rings. The summed E-state index contributed by atoms with van der Waals surface area (Å²) in [7, 11) is 0. The highest BCUT2D eigenvalue weighted by Gasteiger charge is 2.19. The van der Waals surface area contributed by atoms with Crippen molar-refractivity contribution in [2.24, 2.45) is 0 Å². The fourth-order valence-corrected chi connectivity index (χ4v) is 1.22. The summed E-state index contributed by atoms with van der Waals surface area (Å²) >= 11 is 0. The molecule has 0 aromatic heterocycles. The molecule has 86 valence electrons. The van der Waals surface area contributed by atoms with E-state index in [2.05, 4.69) is 5.32 Å². The third-order valence-corrected chi connectivity index (χ3v) is 2.13. The largest absolute Gasteiger partial charge is 0.480 e. The molecule has 1 rings (SSSR count). The Balaban J connectivity index is 2.80. The smallest absolute Gasteiger partial charge is 0.326 e. The van der Waals surface area contributed by atoms with Crippen LogP contribution in [0.15, 0.2) is 24.3 Å². The molecule has 0 aliphatic carbocycles. The van der Waals surface area contributed by atoms with Crippen LogP contribution >= 0.6 is 0 Å². The summed E-state index contributed by atoms with van der Waals surface area (Å²) in [5.74, 6) is -2.51. The van der Waals surface area contributed by atoms with Crippen LogP contribution in [-0.4, -0.2) is 23.0 Å². The van der Waals surface area contributed by atoms with Crippen LogP contribution in [0.2, 0.25) is 0 Å². The van der Waals surface area contributed by atoms with Gasteiger partial charge in [0.15, 0.2) is 0 Å². The van der Waals surface area contributed by atoms with Crippen molar-refractivity contribution >= 4 is 11.9 Å². The number of aliphatic carboxylic acids is 1. The maximum Gasteiger partial charge on any atom is 0.326 e. The van der Waals surface area contributed by atoms with Crippen LogP contribution in [0.25, 0.3) is 0 Å². The van der Waals surface area contributed by atoms with Gasteiger partial charge in [-0.1, -0.05) is 19.1 Å². The lowest BCUT2D eigenvalue weighted by Gasteiger charge is -2.12. The first-order chi connectivity index (χ1) is 7.56. The van der Waals surface area contributed by atoms with E-state index in [-0.39, 0.29) is 12.0 Å². The van der Waals surface area contributed by atoms with Gasteiger partial charge in [0.05, 0.1) is 5.56 Å². The number of benzene rings is 1. The van der Waals surface area contributed by atoms with Gasteiger partial charge in [-0.05, 0) is 18.6 Å². The summed E-state index contributed by atoms with van der Waals surface area (Å²) in [4.78, 5) is 22.2. The molecule has 0 fully saturated rings. The zero-order chi connectivity index (χ0) is 12.1. The molecule has 2 N–H and O–H groups in total. The second kappa shape index (κ2) is 5.25. The molecule has 0 aliphatic heterocycles. The Bertz CT molecular complexity index is 406. The molecule has 4 nitrogen and oxygen atoms in total.